The van der Waals surface area contributed by atoms with Crippen molar-refractivity contribution in [2.45, 2.75) is 26.3 Å². The van der Waals surface area contributed by atoms with Crippen LogP contribution in [0.2, 0.25) is 0 Å². The van der Waals surface area contributed by atoms with Crippen LogP contribution in [0.15, 0.2) is 18.3 Å². The molecule has 1 atom stereocenters. The van der Waals surface area contributed by atoms with Crippen LogP contribution in [0.3, 0.4) is 0 Å². The minimum absolute atomic E-state index is 0.164. The zero-order valence-electron chi connectivity index (χ0n) is 11.2. The molecule has 0 aliphatic carbocycles. The van der Waals surface area contributed by atoms with Crippen LogP contribution >= 0.6 is 0 Å². The van der Waals surface area contributed by atoms with Gasteiger partial charge in [-0.25, -0.2) is 9.78 Å². The van der Waals surface area contributed by atoms with Crippen molar-refractivity contribution in [3.8, 4) is 5.88 Å². The molecule has 0 saturated carbocycles. The molecule has 1 aromatic rings. The van der Waals surface area contributed by atoms with Gasteiger partial charge in [0.15, 0.2) is 0 Å². The third kappa shape index (κ3) is 4.24. The van der Waals surface area contributed by atoms with Crippen molar-refractivity contribution >= 4 is 11.9 Å². The summed E-state index contributed by atoms with van der Waals surface area (Å²) >= 11 is 0. The highest BCUT2D eigenvalue weighted by molar-refractivity contribution is 5.98. The molecule has 1 amide bonds. The van der Waals surface area contributed by atoms with Crippen LogP contribution in [0.25, 0.3) is 0 Å². The maximum absolute atomic E-state index is 12.0. The van der Waals surface area contributed by atoms with Crippen molar-refractivity contribution < 1.29 is 19.4 Å². The largest absolute Gasteiger partial charge is 0.480 e. The number of ether oxygens (including phenoxy) is 1. The predicted molar refractivity (Wildman–Crippen MR) is 69.1 cm³/mol. The molecule has 1 rings (SSSR count). The zero-order valence-corrected chi connectivity index (χ0v) is 11.2. The molecule has 2 N–H and O–H groups in total. The molecule has 6 nitrogen and oxygen atoms in total. The third-order valence-electron chi connectivity index (χ3n) is 2.52. The summed E-state index contributed by atoms with van der Waals surface area (Å²) < 4.78 is 4.97. The fourth-order valence-electron chi connectivity index (χ4n) is 1.66. The smallest absolute Gasteiger partial charge is 0.326 e. The van der Waals surface area contributed by atoms with Gasteiger partial charge in [-0.2, -0.15) is 0 Å². The van der Waals surface area contributed by atoms with Crippen molar-refractivity contribution in [1.82, 2.24) is 10.3 Å². The molecule has 0 radical (unpaired) electrons. The van der Waals surface area contributed by atoms with Gasteiger partial charge < -0.3 is 15.2 Å². The van der Waals surface area contributed by atoms with Gasteiger partial charge in [-0.05, 0) is 24.5 Å². The molecule has 0 saturated heterocycles. The molecule has 0 bridgehead atoms. The number of hydrogen-bond acceptors (Lipinski definition) is 4. The van der Waals surface area contributed by atoms with E-state index in [1.54, 1.807) is 6.07 Å². The summed E-state index contributed by atoms with van der Waals surface area (Å²) in [6.45, 7) is 3.79. The molecule has 1 aromatic heterocycles. The van der Waals surface area contributed by atoms with Gasteiger partial charge in [0.2, 0.25) is 5.88 Å². The van der Waals surface area contributed by atoms with E-state index >= 15 is 0 Å². The molecule has 1 heterocycles. The van der Waals surface area contributed by atoms with Gasteiger partial charge in [-0.3, -0.25) is 4.79 Å². The minimum atomic E-state index is -1.05. The van der Waals surface area contributed by atoms with E-state index in [0.29, 0.717) is 6.42 Å². The second-order valence-electron chi connectivity index (χ2n) is 4.55. The van der Waals surface area contributed by atoms with E-state index in [2.05, 4.69) is 10.3 Å². The number of carboxylic acid groups (broad SMARTS) is 1. The summed E-state index contributed by atoms with van der Waals surface area (Å²) in [5, 5.41) is 11.6. The van der Waals surface area contributed by atoms with Crippen molar-refractivity contribution in [3.05, 3.63) is 23.9 Å². The van der Waals surface area contributed by atoms with E-state index in [1.165, 1.54) is 19.4 Å². The Labute approximate surface area is 111 Å². The number of pyridine rings is 1. The molecule has 0 aliphatic heterocycles. The Hall–Kier alpha value is -2.11. The number of aromatic nitrogens is 1. The van der Waals surface area contributed by atoms with E-state index in [-0.39, 0.29) is 17.4 Å². The number of nitrogens with zero attached hydrogens (tertiary/aromatic N) is 1. The average Bonchev–Trinajstić information content (AvgIpc) is 2.37. The summed E-state index contributed by atoms with van der Waals surface area (Å²) in [6.07, 6.45) is 1.86. The Morgan fingerprint density at radius 3 is 2.68 bits per heavy atom. The number of aliphatic carboxylic acids is 1. The molecule has 0 unspecified atom stereocenters. The maximum Gasteiger partial charge on any atom is 0.326 e. The highest BCUT2D eigenvalue weighted by Crippen LogP contribution is 2.14. The lowest BCUT2D eigenvalue weighted by atomic mass is 10.0. The number of carbonyl (C=O) groups is 2. The highest BCUT2D eigenvalue weighted by atomic mass is 16.5. The summed E-state index contributed by atoms with van der Waals surface area (Å²) in [5.74, 6) is -1.21. The van der Waals surface area contributed by atoms with Crippen molar-refractivity contribution in [3.63, 3.8) is 0 Å². The van der Waals surface area contributed by atoms with Crippen LogP contribution < -0.4 is 10.1 Å². The first-order valence-corrected chi connectivity index (χ1v) is 5.98. The van der Waals surface area contributed by atoms with Gasteiger partial charge in [0.25, 0.3) is 5.91 Å². The van der Waals surface area contributed by atoms with E-state index in [1.807, 2.05) is 13.8 Å². The zero-order chi connectivity index (χ0) is 14.4. The van der Waals surface area contributed by atoms with Gasteiger partial charge >= 0.3 is 5.97 Å². The van der Waals surface area contributed by atoms with Gasteiger partial charge in [0, 0.05) is 6.20 Å². The van der Waals surface area contributed by atoms with Crippen LogP contribution in [0.5, 0.6) is 5.88 Å². The lowest BCUT2D eigenvalue weighted by Crippen LogP contribution is -2.41. The predicted octanol–water partition coefficient (Wildman–Crippen LogP) is 1.32. The van der Waals surface area contributed by atoms with Gasteiger partial charge in [-0.15, -0.1) is 0 Å². The van der Waals surface area contributed by atoms with Crippen molar-refractivity contribution in [2.75, 3.05) is 7.11 Å². The average molecular weight is 266 g/mol. The van der Waals surface area contributed by atoms with Gasteiger partial charge in [-0.1, -0.05) is 13.8 Å². The van der Waals surface area contributed by atoms with E-state index in [4.69, 9.17) is 9.84 Å². The van der Waals surface area contributed by atoms with E-state index in [9.17, 15) is 9.59 Å². The van der Waals surface area contributed by atoms with Gasteiger partial charge in [0.1, 0.15) is 11.6 Å². The monoisotopic (exact) mass is 266 g/mol. The van der Waals surface area contributed by atoms with E-state index in [0.717, 1.165) is 0 Å². The standard InChI is InChI=1S/C13H18N2O4/c1-8(2)7-10(13(17)18)15-11(16)9-5-4-6-14-12(9)19-3/h4-6,8,10H,7H2,1-3H3,(H,15,16)(H,17,18)/t10-/m1/s1. The Balaban J connectivity index is 2.84. The number of rotatable bonds is 6. The van der Waals surface area contributed by atoms with Crippen molar-refractivity contribution in [2.24, 2.45) is 5.92 Å². The Morgan fingerprint density at radius 2 is 2.16 bits per heavy atom. The molecular weight excluding hydrogens is 248 g/mol. The molecule has 0 aromatic carbocycles. The molecular formula is C13H18N2O4. The summed E-state index contributed by atoms with van der Waals surface area (Å²) in [6, 6.07) is 2.21. The second-order valence-corrected chi connectivity index (χ2v) is 4.55. The van der Waals surface area contributed by atoms with Gasteiger partial charge in [0.05, 0.1) is 7.11 Å². The number of hydrogen-bond donors (Lipinski definition) is 2. The summed E-state index contributed by atoms with van der Waals surface area (Å²) in [7, 11) is 1.40. The Kier molecular flexibility index (Phi) is 5.29. The first-order valence-electron chi connectivity index (χ1n) is 5.98. The topological polar surface area (TPSA) is 88.5 Å². The summed E-state index contributed by atoms with van der Waals surface area (Å²) in [5.41, 5.74) is 0.222. The van der Waals surface area contributed by atoms with Crippen LogP contribution in [0.1, 0.15) is 30.6 Å². The SMILES string of the molecule is COc1ncccc1C(=O)N[C@H](CC(C)C)C(=O)O. The fraction of sp³-hybridized carbons (Fsp3) is 0.462. The third-order valence-corrected chi connectivity index (χ3v) is 2.52. The number of methoxy groups -OCH3 is 1. The lowest BCUT2D eigenvalue weighted by molar-refractivity contribution is -0.139. The number of carbonyl (C=O) groups excluding carboxylic acids is 1. The quantitative estimate of drug-likeness (QED) is 0.810. The molecule has 6 heteroatoms. The van der Waals surface area contributed by atoms with Crippen LogP contribution in [0, 0.1) is 5.92 Å². The second kappa shape index (κ2) is 6.72. The summed E-state index contributed by atoms with van der Waals surface area (Å²) in [4.78, 5) is 27.0. The lowest BCUT2D eigenvalue weighted by Gasteiger charge is -2.17. The molecule has 0 fully saturated rings. The van der Waals surface area contributed by atoms with Crippen LogP contribution in [0.4, 0.5) is 0 Å². The molecule has 0 aliphatic rings. The first-order chi connectivity index (χ1) is 8.95. The van der Waals surface area contributed by atoms with Crippen molar-refractivity contribution in [1.29, 1.82) is 0 Å². The number of amides is 1. The number of carboxylic acids is 1. The minimum Gasteiger partial charge on any atom is -0.480 e. The van der Waals surface area contributed by atoms with Crippen LogP contribution in [-0.2, 0) is 4.79 Å². The molecule has 0 spiro atoms. The first kappa shape index (κ1) is 14.9. The molecule has 19 heavy (non-hydrogen) atoms. The normalized spacial score (nSPS) is 12.0. The fourth-order valence-corrected chi connectivity index (χ4v) is 1.66. The van der Waals surface area contributed by atoms with Crippen LogP contribution in [-0.4, -0.2) is 35.1 Å². The number of nitrogens with one attached hydrogen (secondary N) is 1. The Bertz CT molecular complexity index is 460. The maximum atomic E-state index is 12.0. The highest BCUT2D eigenvalue weighted by Gasteiger charge is 2.23. The Morgan fingerprint density at radius 1 is 1.47 bits per heavy atom. The van der Waals surface area contributed by atoms with E-state index < -0.39 is 17.9 Å². The molecule has 104 valence electrons.